The summed E-state index contributed by atoms with van der Waals surface area (Å²) in [6.45, 7) is 3.71. The lowest BCUT2D eigenvalue weighted by Gasteiger charge is -2.12. The molecule has 9 heteroatoms. The highest BCUT2D eigenvalue weighted by Gasteiger charge is 2.24. The van der Waals surface area contributed by atoms with Crippen molar-refractivity contribution in [2.45, 2.75) is 13.8 Å². The zero-order valence-electron chi connectivity index (χ0n) is 14.0. The van der Waals surface area contributed by atoms with Gasteiger partial charge in [0.1, 0.15) is 12.1 Å². The van der Waals surface area contributed by atoms with E-state index in [-0.39, 0.29) is 17.3 Å². The summed E-state index contributed by atoms with van der Waals surface area (Å²) in [7, 11) is 0. The van der Waals surface area contributed by atoms with Gasteiger partial charge in [0.15, 0.2) is 0 Å². The topological polar surface area (TPSA) is 106 Å². The van der Waals surface area contributed by atoms with Gasteiger partial charge in [0.25, 0.3) is 0 Å². The average molecular weight is 371 g/mol. The van der Waals surface area contributed by atoms with Crippen LogP contribution in [0.4, 0.5) is 28.8 Å². The van der Waals surface area contributed by atoms with Crippen LogP contribution in [-0.2, 0) is 0 Å². The quantitative estimate of drug-likeness (QED) is 0.501. The molecule has 0 saturated carbocycles. The Balaban J connectivity index is 2.01. The van der Waals surface area contributed by atoms with E-state index in [0.29, 0.717) is 16.5 Å². The first-order chi connectivity index (χ1) is 12.5. The number of benzene rings is 1. The summed E-state index contributed by atoms with van der Waals surface area (Å²) in [6, 6.07) is 8.85. The van der Waals surface area contributed by atoms with E-state index in [0.717, 1.165) is 11.1 Å². The molecule has 0 aliphatic rings. The molecule has 0 saturated heterocycles. The molecule has 0 aliphatic carbocycles. The van der Waals surface area contributed by atoms with Gasteiger partial charge in [-0.05, 0) is 49.2 Å². The third-order valence-electron chi connectivity index (χ3n) is 3.69. The smallest absolute Gasteiger partial charge is 0.334 e. The second-order valence-corrected chi connectivity index (χ2v) is 5.96. The number of nitro groups is 1. The predicted molar refractivity (Wildman–Crippen MR) is 100 cm³/mol. The lowest BCUT2D eigenvalue weighted by atomic mass is 10.2. The molecule has 26 heavy (non-hydrogen) atoms. The highest BCUT2D eigenvalue weighted by atomic mass is 35.5. The van der Waals surface area contributed by atoms with Gasteiger partial charge < -0.3 is 10.6 Å². The third kappa shape index (κ3) is 3.70. The van der Waals surface area contributed by atoms with Gasteiger partial charge in [0.2, 0.25) is 11.6 Å². The second-order valence-electron chi connectivity index (χ2n) is 5.56. The summed E-state index contributed by atoms with van der Waals surface area (Å²) in [5.41, 5.74) is 2.07. The number of aryl methyl sites for hydroxylation is 1. The van der Waals surface area contributed by atoms with Crippen molar-refractivity contribution in [1.82, 2.24) is 15.0 Å². The van der Waals surface area contributed by atoms with Crippen molar-refractivity contribution >= 4 is 40.4 Å². The van der Waals surface area contributed by atoms with Crippen molar-refractivity contribution in [2.24, 2.45) is 0 Å². The molecular formula is C17H15ClN6O2. The molecule has 2 aromatic heterocycles. The minimum absolute atomic E-state index is 0.0466. The number of hydrogen-bond acceptors (Lipinski definition) is 7. The SMILES string of the molecule is Cc1ccnc(Nc2ncnc(Nc3cccc(Cl)c3C)c2[N+](=O)[O-])c1. The molecule has 0 spiro atoms. The van der Waals surface area contributed by atoms with Gasteiger partial charge in [0.05, 0.1) is 4.92 Å². The Bertz CT molecular complexity index is 979. The Morgan fingerprint density at radius 3 is 2.50 bits per heavy atom. The van der Waals surface area contributed by atoms with E-state index in [1.54, 1.807) is 30.5 Å². The maximum Gasteiger partial charge on any atom is 0.353 e. The molecule has 3 aromatic rings. The summed E-state index contributed by atoms with van der Waals surface area (Å²) in [5.74, 6) is 0.562. The number of nitrogens with one attached hydrogen (secondary N) is 2. The van der Waals surface area contributed by atoms with Gasteiger partial charge in [-0.2, -0.15) is 0 Å². The van der Waals surface area contributed by atoms with E-state index in [1.165, 1.54) is 6.33 Å². The summed E-state index contributed by atoms with van der Waals surface area (Å²) < 4.78 is 0. The first-order valence-corrected chi connectivity index (χ1v) is 8.04. The maximum atomic E-state index is 11.6. The van der Waals surface area contributed by atoms with Gasteiger partial charge in [-0.3, -0.25) is 10.1 Å². The summed E-state index contributed by atoms with van der Waals surface area (Å²) in [6.07, 6.45) is 2.85. The minimum Gasteiger partial charge on any atom is -0.334 e. The Labute approximate surface area is 154 Å². The first-order valence-electron chi connectivity index (χ1n) is 7.67. The number of halogens is 1. The lowest BCUT2D eigenvalue weighted by Crippen LogP contribution is -2.06. The standard InChI is InChI=1S/C17H15ClN6O2/c1-10-6-7-19-14(8-10)23-17-15(24(25)26)16(20-9-21-17)22-13-5-3-4-12(18)11(13)2/h3-9H,1-2H3,(H2,19,20,21,22,23). The number of rotatable bonds is 5. The van der Waals surface area contributed by atoms with Crippen LogP contribution in [0.15, 0.2) is 42.9 Å². The van der Waals surface area contributed by atoms with Crippen LogP contribution in [0.1, 0.15) is 11.1 Å². The number of hydrogen-bond donors (Lipinski definition) is 2. The zero-order chi connectivity index (χ0) is 18.7. The molecule has 0 bridgehead atoms. The fourth-order valence-corrected chi connectivity index (χ4v) is 2.51. The summed E-state index contributed by atoms with van der Waals surface area (Å²) in [4.78, 5) is 23.3. The van der Waals surface area contributed by atoms with Crippen molar-refractivity contribution < 1.29 is 4.92 Å². The summed E-state index contributed by atoms with van der Waals surface area (Å²) in [5, 5.41) is 18.0. The zero-order valence-corrected chi connectivity index (χ0v) is 14.8. The first kappa shape index (κ1) is 17.6. The van der Waals surface area contributed by atoms with Crippen molar-refractivity contribution in [3.05, 3.63) is 69.1 Å². The molecule has 0 amide bonds. The molecule has 132 valence electrons. The number of anilines is 4. The van der Waals surface area contributed by atoms with Gasteiger partial charge in [-0.15, -0.1) is 0 Å². The molecule has 2 heterocycles. The van der Waals surface area contributed by atoms with Crippen LogP contribution in [0, 0.1) is 24.0 Å². The van der Waals surface area contributed by atoms with E-state index in [4.69, 9.17) is 11.6 Å². The van der Waals surface area contributed by atoms with Crippen LogP contribution in [0.3, 0.4) is 0 Å². The number of aromatic nitrogens is 3. The second kappa shape index (κ2) is 7.32. The monoisotopic (exact) mass is 370 g/mol. The van der Waals surface area contributed by atoms with E-state index in [2.05, 4.69) is 25.6 Å². The van der Waals surface area contributed by atoms with Crippen LogP contribution in [0.25, 0.3) is 0 Å². The molecule has 0 radical (unpaired) electrons. The minimum atomic E-state index is -0.541. The van der Waals surface area contributed by atoms with Crippen LogP contribution < -0.4 is 10.6 Å². The highest BCUT2D eigenvalue weighted by Crippen LogP contribution is 2.34. The van der Waals surface area contributed by atoms with E-state index >= 15 is 0 Å². The van der Waals surface area contributed by atoms with Crippen molar-refractivity contribution in [3.8, 4) is 0 Å². The van der Waals surface area contributed by atoms with Gasteiger partial charge in [-0.1, -0.05) is 17.7 Å². The molecule has 0 unspecified atom stereocenters. The van der Waals surface area contributed by atoms with Crippen LogP contribution >= 0.6 is 11.6 Å². The van der Waals surface area contributed by atoms with Crippen molar-refractivity contribution in [2.75, 3.05) is 10.6 Å². The fraction of sp³-hybridized carbons (Fsp3) is 0.118. The van der Waals surface area contributed by atoms with E-state index in [1.807, 2.05) is 19.9 Å². The molecule has 1 aromatic carbocycles. The molecule has 0 fully saturated rings. The van der Waals surface area contributed by atoms with E-state index < -0.39 is 4.92 Å². The van der Waals surface area contributed by atoms with Crippen LogP contribution in [0.5, 0.6) is 0 Å². The Hall–Kier alpha value is -3.26. The van der Waals surface area contributed by atoms with Crippen molar-refractivity contribution in [3.63, 3.8) is 0 Å². The molecule has 2 N–H and O–H groups in total. The largest absolute Gasteiger partial charge is 0.353 e. The van der Waals surface area contributed by atoms with Crippen molar-refractivity contribution in [1.29, 1.82) is 0 Å². The number of pyridine rings is 1. The van der Waals surface area contributed by atoms with Gasteiger partial charge >= 0.3 is 5.69 Å². The molecule has 0 atom stereocenters. The van der Waals surface area contributed by atoms with E-state index in [9.17, 15) is 10.1 Å². The lowest BCUT2D eigenvalue weighted by molar-refractivity contribution is -0.383. The van der Waals surface area contributed by atoms with Crippen LogP contribution in [0.2, 0.25) is 5.02 Å². The summed E-state index contributed by atoms with van der Waals surface area (Å²) >= 11 is 6.11. The number of nitrogens with zero attached hydrogens (tertiary/aromatic N) is 4. The molecule has 3 rings (SSSR count). The normalized spacial score (nSPS) is 10.4. The predicted octanol–water partition coefficient (Wildman–Crippen LogP) is 4.54. The van der Waals surface area contributed by atoms with Crippen LogP contribution in [-0.4, -0.2) is 19.9 Å². The average Bonchev–Trinajstić information content (AvgIpc) is 2.59. The Kier molecular flexibility index (Phi) is 4.94. The Morgan fingerprint density at radius 1 is 1.08 bits per heavy atom. The van der Waals surface area contributed by atoms with Gasteiger partial charge in [0, 0.05) is 16.9 Å². The molecular weight excluding hydrogens is 356 g/mol. The third-order valence-corrected chi connectivity index (χ3v) is 4.10. The maximum absolute atomic E-state index is 11.6. The fourth-order valence-electron chi connectivity index (χ4n) is 2.33. The molecule has 8 nitrogen and oxygen atoms in total. The van der Waals surface area contributed by atoms with Gasteiger partial charge in [-0.25, -0.2) is 15.0 Å². The Morgan fingerprint density at radius 2 is 1.81 bits per heavy atom. The highest BCUT2D eigenvalue weighted by molar-refractivity contribution is 6.31. The molecule has 0 aliphatic heterocycles.